The SMILES string of the molecule is Cc1ccccc1Oc1cc(NC(=O)c2ccn(Cn3nnc(-c4ccccc4)n3)n2)cc([N+](=O)[O-])c1. The molecule has 0 bridgehead atoms. The van der Waals surface area contributed by atoms with Crippen molar-refractivity contribution >= 4 is 17.3 Å². The first-order chi connectivity index (χ1) is 17.9. The average Bonchev–Trinajstić information content (AvgIpc) is 3.56. The summed E-state index contributed by atoms with van der Waals surface area (Å²) in [5, 5.41) is 30.7. The normalized spacial score (nSPS) is 10.7. The molecule has 37 heavy (non-hydrogen) atoms. The van der Waals surface area contributed by atoms with Gasteiger partial charge in [-0.05, 0) is 29.8 Å². The number of non-ortho nitro benzene ring substituents is 1. The predicted octanol–water partition coefficient (Wildman–Crippen LogP) is 4.30. The van der Waals surface area contributed by atoms with Crippen molar-refractivity contribution < 1.29 is 14.5 Å². The molecule has 2 aromatic heterocycles. The lowest BCUT2D eigenvalue weighted by atomic mass is 10.2. The molecule has 1 N–H and O–H groups in total. The van der Waals surface area contributed by atoms with E-state index in [1.807, 2.05) is 49.4 Å². The maximum Gasteiger partial charge on any atom is 0.276 e. The van der Waals surface area contributed by atoms with Gasteiger partial charge in [0.15, 0.2) is 12.4 Å². The van der Waals surface area contributed by atoms with Crippen LogP contribution in [0.4, 0.5) is 11.4 Å². The molecule has 5 rings (SSSR count). The highest BCUT2D eigenvalue weighted by molar-refractivity contribution is 6.03. The molecule has 0 atom stereocenters. The minimum absolute atomic E-state index is 0.108. The molecule has 0 fully saturated rings. The lowest BCUT2D eigenvalue weighted by Crippen LogP contribution is -2.16. The number of carbonyl (C=O) groups is 1. The zero-order valence-electron chi connectivity index (χ0n) is 19.6. The van der Waals surface area contributed by atoms with E-state index in [-0.39, 0.29) is 29.5 Å². The minimum Gasteiger partial charge on any atom is -0.457 e. The lowest BCUT2D eigenvalue weighted by Gasteiger charge is -2.10. The molecule has 0 unspecified atom stereocenters. The van der Waals surface area contributed by atoms with E-state index in [2.05, 4.69) is 25.8 Å². The summed E-state index contributed by atoms with van der Waals surface area (Å²) in [7, 11) is 0. The molecule has 0 saturated heterocycles. The number of aromatic nitrogens is 6. The quantitative estimate of drug-likeness (QED) is 0.247. The summed E-state index contributed by atoms with van der Waals surface area (Å²) in [6, 6.07) is 22.3. The third-order valence-electron chi connectivity index (χ3n) is 5.31. The van der Waals surface area contributed by atoms with Crippen molar-refractivity contribution in [1.82, 2.24) is 30.0 Å². The van der Waals surface area contributed by atoms with Gasteiger partial charge in [0.1, 0.15) is 11.5 Å². The van der Waals surface area contributed by atoms with E-state index in [0.717, 1.165) is 11.1 Å². The number of nitrogens with one attached hydrogen (secondary N) is 1. The van der Waals surface area contributed by atoms with Crippen LogP contribution < -0.4 is 10.1 Å². The number of anilines is 1. The predicted molar refractivity (Wildman–Crippen MR) is 133 cm³/mol. The van der Waals surface area contributed by atoms with Gasteiger partial charge in [-0.1, -0.05) is 48.5 Å². The number of ether oxygens (including phenoxy) is 1. The standard InChI is InChI=1S/C25H20N8O4/c1-17-7-5-6-10-23(17)37-21-14-19(13-20(15-21)33(35)36)26-25(34)22-11-12-31(28-22)16-32-29-24(27-30-32)18-8-3-2-4-9-18/h2-15H,16H2,1H3,(H,26,34). The molecule has 0 aliphatic heterocycles. The number of tetrazole rings is 1. The van der Waals surface area contributed by atoms with E-state index in [1.54, 1.807) is 18.3 Å². The van der Waals surface area contributed by atoms with Gasteiger partial charge < -0.3 is 10.1 Å². The van der Waals surface area contributed by atoms with E-state index in [4.69, 9.17) is 4.74 Å². The van der Waals surface area contributed by atoms with Crippen molar-refractivity contribution in [2.24, 2.45) is 0 Å². The number of nitro groups is 1. The average molecular weight is 496 g/mol. The van der Waals surface area contributed by atoms with Crippen LogP contribution >= 0.6 is 0 Å². The smallest absolute Gasteiger partial charge is 0.276 e. The number of nitro benzene ring substituents is 1. The van der Waals surface area contributed by atoms with Gasteiger partial charge in [0.25, 0.3) is 11.6 Å². The molecule has 0 spiro atoms. The number of carbonyl (C=O) groups excluding carboxylic acids is 1. The van der Waals surface area contributed by atoms with Gasteiger partial charge >= 0.3 is 0 Å². The third-order valence-corrected chi connectivity index (χ3v) is 5.31. The summed E-state index contributed by atoms with van der Waals surface area (Å²) < 4.78 is 7.31. The number of amides is 1. The fourth-order valence-electron chi connectivity index (χ4n) is 3.51. The Hall–Kier alpha value is -5.39. The van der Waals surface area contributed by atoms with Gasteiger partial charge in [-0.25, -0.2) is 4.68 Å². The number of rotatable bonds is 8. The zero-order valence-corrected chi connectivity index (χ0v) is 19.6. The second-order valence-corrected chi connectivity index (χ2v) is 8.03. The Morgan fingerprint density at radius 3 is 2.59 bits per heavy atom. The van der Waals surface area contributed by atoms with Gasteiger partial charge in [-0.15, -0.1) is 15.0 Å². The fourth-order valence-corrected chi connectivity index (χ4v) is 3.51. The Labute approximate surface area is 210 Å². The molecule has 1 amide bonds. The van der Waals surface area contributed by atoms with Crippen molar-refractivity contribution in [3.63, 3.8) is 0 Å². The number of nitrogens with zero attached hydrogens (tertiary/aromatic N) is 7. The molecular formula is C25H20N8O4. The van der Waals surface area contributed by atoms with Crippen LogP contribution in [0.3, 0.4) is 0 Å². The van der Waals surface area contributed by atoms with Crippen LogP contribution in [-0.2, 0) is 6.67 Å². The molecule has 3 aromatic carbocycles. The van der Waals surface area contributed by atoms with Crippen LogP contribution in [-0.4, -0.2) is 40.8 Å². The van der Waals surface area contributed by atoms with Crippen molar-refractivity contribution in [3.8, 4) is 22.9 Å². The number of benzene rings is 3. The molecule has 0 saturated carbocycles. The van der Waals surface area contributed by atoms with Crippen LogP contribution in [0.15, 0.2) is 85.1 Å². The molecule has 2 heterocycles. The fraction of sp³-hybridized carbons (Fsp3) is 0.0800. The summed E-state index contributed by atoms with van der Waals surface area (Å²) in [5.41, 5.74) is 1.78. The third kappa shape index (κ3) is 5.48. The first kappa shape index (κ1) is 23.4. The molecule has 184 valence electrons. The number of hydrogen-bond donors (Lipinski definition) is 1. The first-order valence-corrected chi connectivity index (χ1v) is 11.2. The van der Waals surface area contributed by atoms with E-state index in [1.165, 1.54) is 33.7 Å². The molecular weight excluding hydrogens is 476 g/mol. The van der Waals surface area contributed by atoms with Crippen molar-refractivity contribution in [1.29, 1.82) is 0 Å². The maximum absolute atomic E-state index is 12.8. The van der Waals surface area contributed by atoms with Gasteiger partial charge in [-0.3, -0.25) is 14.9 Å². The van der Waals surface area contributed by atoms with Gasteiger partial charge in [0, 0.05) is 23.9 Å². The number of hydrogen-bond acceptors (Lipinski definition) is 8. The summed E-state index contributed by atoms with van der Waals surface area (Å²) in [4.78, 5) is 25.1. The Balaban J connectivity index is 1.30. The van der Waals surface area contributed by atoms with Crippen molar-refractivity contribution in [2.75, 3.05) is 5.32 Å². The Kier molecular flexibility index (Phi) is 6.36. The first-order valence-electron chi connectivity index (χ1n) is 11.2. The highest BCUT2D eigenvalue weighted by Gasteiger charge is 2.16. The van der Waals surface area contributed by atoms with Crippen molar-refractivity contribution in [3.05, 3.63) is 106 Å². The van der Waals surface area contributed by atoms with Gasteiger partial charge in [0.05, 0.1) is 16.7 Å². The zero-order chi connectivity index (χ0) is 25.8. The summed E-state index contributed by atoms with van der Waals surface area (Å²) in [5.74, 6) is 0.699. The van der Waals surface area contributed by atoms with Crippen LogP contribution in [0, 0.1) is 17.0 Å². The molecule has 0 aliphatic rings. The monoisotopic (exact) mass is 496 g/mol. The topological polar surface area (TPSA) is 143 Å². The summed E-state index contributed by atoms with van der Waals surface area (Å²) in [6.07, 6.45) is 1.60. The van der Waals surface area contributed by atoms with E-state index in [0.29, 0.717) is 11.6 Å². The Morgan fingerprint density at radius 1 is 1.03 bits per heavy atom. The Morgan fingerprint density at radius 2 is 1.81 bits per heavy atom. The summed E-state index contributed by atoms with van der Waals surface area (Å²) >= 11 is 0. The lowest BCUT2D eigenvalue weighted by molar-refractivity contribution is -0.384. The molecule has 5 aromatic rings. The maximum atomic E-state index is 12.8. The molecule has 0 aliphatic carbocycles. The molecule has 0 radical (unpaired) electrons. The molecule has 12 nitrogen and oxygen atoms in total. The van der Waals surface area contributed by atoms with E-state index < -0.39 is 10.8 Å². The highest BCUT2D eigenvalue weighted by atomic mass is 16.6. The van der Waals surface area contributed by atoms with Crippen LogP contribution in [0.1, 0.15) is 16.1 Å². The number of aryl methyl sites for hydroxylation is 1. The van der Waals surface area contributed by atoms with Crippen LogP contribution in [0.5, 0.6) is 11.5 Å². The van der Waals surface area contributed by atoms with Crippen molar-refractivity contribution in [2.45, 2.75) is 13.6 Å². The minimum atomic E-state index is -0.552. The second-order valence-electron chi connectivity index (χ2n) is 8.03. The van der Waals surface area contributed by atoms with Crippen LogP contribution in [0.2, 0.25) is 0 Å². The second kappa shape index (κ2) is 10.1. The van der Waals surface area contributed by atoms with E-state index >= 15 is 0 Å². The van der Waals surface area contributed by atoms with Gasteiger partial charge in [-0.2, -0.15) is 5.10 Å². The van der Waals surface area contributed by atoms with E-state index in [9.17, 15) is 14.9 Å². The van der Waals surface area contributed by atoms with Crippen LogP contribution in [0.25, 0.3) is 11.4 Å². The van der Waals surface area contributed by atoms with Gasteiger partial charge in [0.2, 0.25) is 5.82 Å². The summed E-state index contributed by atoms with van der Waals surface area (Å²) in [6.45, 7) is 2.00. The largest absolute Gasteiger partial charge is 0.457 e. The Bertz CT molecular complexity index is 1580. The highest BCUT2D eigenvalue weighted by Crippen LogP contribution is 2.31. The number of para-hydroxylation sites is 1. The molecule has 12 heteroatoms.